The minimum Gasteiger partial charge on any atom is -0.379 e. The van der Waals surface area contributed by atoms with Crippen LogP contribution in [0.1, 0.15) is 35.4 Å². The van der Waals surface area contributed by atoms with E-state index in [2.05, 4.69) is 49.5 Å². The van der Waals surface area contributed by atoms with Gasteiger partial charge in [-0.1, -0.05) is 53.2 Å². The maximum absolute atomic E-state index is 12.9. The quantitative estimate of drug-likeness (QED) is 0.519. The molecule has 8 heteroatoms. The molecule has 3 heterocycles. The molecule has 2 aromatic carbocycles. The largest absolute Gasteiger partial charge is 0.379 e. The average Bonchev–Trinajstić information content (AvgIpc) is 3.37. The van der Waals surface area contributed by atoms with E-state index in [9.17, 15) is 4.79 Å². The fraction of sp³-hybridized carbons (Fsp3) is 0.464. The van der Waals surface area contributed by atoms with Crippen molar-refractivity contribution >= 4 is 5.91 Å². The number of amides is 1. The topological polar surface area (TPSA) is 83.7 Å². The highest BCUT2D eigenvalue weighted by Crippen LogP contribution is 2.21. The van der Waals surface area contributed by atoms with Crippen molar-refractivity contribution in [2.45, 2.75) is 39.4 Å². The number of ether oxygens (including phenoxy) is 1. The fourth-order valence-corrected chi connectivity index (χ4v) is 4.94. The Morgan fingerprint density at radius 3 is 2.64 bits per heavy atom. The van der Waals surface area contributed by atoms with Gasteiger partial charge in [-0.15, -0.1) is 0 Å². The summed E-state index contributed by atoms with van der Waals surface area (Å²) in [4.78, 5) is 22.1. The van der Waals surface area contributed by atoms with Gasteiger partial charge in [0.25, 0.3) is 0 Å². The van der Waals surface area contributed by atoms with E-state index in [-0.39, 0.29) is 11.8 Å². The Labute approximate surface area is 212 Å². The van der Waals surface area contributed by atoms with Crippen molar-refractivity contribution in [2.75, 3.05) is 39.4 Å². The lowest BCUT2D eigenvalue weighted by Crippen LogP contribution is -2.42. The Hall–Kier alpha value is -3.07. The maximum Gasteiger partial charge on any atom is 0.241 e. The van der Waals surface area contributed by atoms with E-state index in [1.165, 1.54) is 5.56 Å². The number of aromatic nitrogens is 2. The van der Waals surface area contributed by atoms with E-state index in [1.54, 1.807) is 0 Å². The van der Waals surface area contributed by atoms with Gasteiger partial charge in [0, 0.05) is 38.3 Å². The first-order valence-corrected chi connectivity index (χ1v) is 12.9. The number of nitrogens with one attached hydrogen (secondary N) is 1. The number of hydrogen-bond acceptors (Lipinski definition) is 7. The highest BCUT2D eigenvalue weighted by Gasteiger charge is 2.27. The molecule has 36 heavy (non-hydrogen) atoms. The van der Waals surface area contributed by atoms with E-state index in [0.29, 0.717) is 31.3 Å². The summed E-state index contributed by atoms with van der Waals surface area (Å²) < 4.78 is 10.9. The highest BCUT2D eigenvalue weighted by atomic mass is 16.5. The van der Waals surface area contributed by atoms with Crippen LogP contribution < -0.4 is 5.32 Å². The molecule has 2 aliphatic rings. The van der Waals surface area contributed by atoms with E-state index in [1.807, 2.05) is 31.2 Å². The minimum absolute atomic E-state index is 0.0292. The van der Waals surface area contributed by atoms with Crippen LogP contribution in [-0.4, -0.2) is 65.2 Å². The van der Waals surface area contributed by atoms with Crippen molar-refractivity contribution in [1.82, 2.24) is 25.3 Å². The molecule has 2 fully saturated rings. The van der Waals surface area contributed by atoms with Gasteiger partial charge in [-0.05, 0) is 43.5 Å². The van der Waals surface area contributed by atoms with Crippen molar-refractivity contribution in [2.24, 2.45) is 5.92 Å². The number of piperidine rings is 1. The first-order valence-electron chi connectivity index (χ1n) is 12.9. The van der Waals surface area contributed by atoms with Gasteiger partial charge in [-0.25, -0.2) is 0 Å². The van der Waals surface area contributed by atoms with Gasteiger partial charge in [0.2, 0.25) is 17.6 Å². The number of hydrogen-bond donors (Lipinski definition) is 1. The third kappa shape index (κ3) is 6.57. The molecule has 1 N–H and O–H groups in total. The van der Waals surface area contributed by atoms with Gasteiger partial charge in [0.05, 0.1) is 25.7 Å². The average molecular weight is 490 g/mol. The maximum atomic E-state index is 12.9. The number of likely N-dealkylation sites (tertiary alicyclic amines) is 1. The Morgan fingerprint density at radius 2 is 1.83 bits per heavy atom. The van der Waals surface area contributed by atoms with Crippen LogP contribution in [0.4, 0.5) is 0 Å². The van der Waals surface area contributed by atoms with Crippen LogP contribution in [0, 0.1) is 12.8 Å². The molecule has 0 radical (unpaired) electrons. The third-order valence-electron chi connectivity index (χ3n) is 6.98. The summed E-state index contributed by atoms with van der Waals surface area (Å²) in [5.41, 5.74) is 4.53. The van der Waals surface area contributed by atoms with Crippen molar-refractivity contribution in [1.29, 1.82) is 0 Å². The zero-order valence-corrected chi connectivity index (χ0v) is 21.0. The summed E-state index contributed by atoms with van der Waals surface area (Å²) in [6, 6.07) is 16.6. The molecular formula is C28H35N5O3. The van der Waals surface area contributed by atoms with E-state index >= 15 is 0 Å². The van der Waals surface area contributed by atoms with Crippen molar-refractivity contribution in [3.8, 4) is 11.4 Å². The van der Waals surface area contributed by atoms with Crippen molar-refractivity contribution in [3.63, 3.8) is 0 Å². The molecule has 1 atom stereocenters. The standard InChI is InChI=1S/C28H35N5O3/c1-21-4-2-5-24(16-21)27-30-26(36-31-27)20-33-11-3-6-25(19-33)28(34)29-17-22-7-9-23(10-8-22)18-32-12-14-35-15-13-32/h2,4-5,7-10,16,25H,3,6,11-15,17-20H2,1H3,(H,29,34). The van der Waals surface area contributed by atoms with Gasteiger partial charge < -0.3 is 14.6 Å². The second-order valence-corrected chi connectivity index (χ2v) is 9.88. The first-order chi connectivity index (χ1) is 17.6. The predicted octanol–water partition coefficient (Wildman–Crippen LogP) is 3.41. The molecule has 1 aromatic heterocycles. The second kappa shape index (κ2) is 11.8. The summed E-state index contributed by atoms with van der Waals surface area (Å²) in [6.45, 7) is 9.32. The van der Waals surface area contributed by atoms with Gasteiger partial charge in [-0.2, -0.15) is 4.98 Å². The molecule has 0 saturated carbocycles. The van der Waals surface area contributed by atoms with E-state index in [0.717, 1.165) is 68.9 Å². The van der Waals surface area contributed by atoms with Crippen LogP contribution in [0.5, 0.6) is 0 Å². The monoisotopic (exact) mass is 489 g/mol. The Bertz CT molecular complexity index is 1140. The number of rotatable bonds is 8. The van der Waals surface area contributed by atoms with Gasteiger partial charge >= 0.3 is 0 Å². The summed E-state index contributed by atoms with van der Waals surface area (Å²) in [7, 11) is 0. The van der Waals surface area contributed by atoms with Gasteiger partial charge in [0.15, 0.2) is 0 Å². The molecule has 0 spiro atoms. The SMILES string of the molecule is Cc1cccc(-c2noc(CN3CCCC(C(=O)NCc4ccc(CN5CCOCC5)cc4)C3)n2)c1. The fourth-order valence-electron chi connectivity index (χ4n) is 4.94. The van der Waals surface area contributed by atoms with Crippen LogP contribution in [0.3, 0.4) is 0 Å². The van der Waals surface area contributed by atoms with Crippen molar-refractivity contribution < 1.29 is 14.1 Å². The summed E-state index contributed by atoms with van der Waals surface area (Å²) in [6.07, 6.45) is 1.88. The first kappa shape index (κ1) is 24.6. The summed E-state index contributed by atoms with van der Waals surface area (Å²) >= 11 is 0. The molecule has 1 unspecified atom stereocenters. The van der Waals surface area contributed by atoms with Crippen LogP contribution >= 0.6 is 0 Å². The molecule has 5 rings (SSSR count). The molecule has 8 nitrogen and oxygen atoms in total. The molecule has 1 amide bonds. The predicted molar refractivity (Wildman–Crippen MR) is 137 cm³/mol. The van der Waals surface area contributed by atoms with E-state index < -0.39 is 0 Å². The molecular weight excluding hydrogens is 454 g/mol. The number of carbonyl (C=O) groups is 1. The molecule has 190 valence electrons. The number of aryl methyl sites for hydroxylation is 1. The van der Waals surface area contributed by atoms with E-state index in [4.69, 9.17) is 9.26 Å². The number of nitrogens with zero attached hydrogens (tertiary/aromatic N) is 4. The molecule has 0 bridgehead atoms. The second-order valence-electron chi connectivity index (χ2n) is 9.88. The van der Waals surface area contributed by atoms with Gasteiger partial charge in [-0.3, -0.25) is 14.6 Å². The highest BCUT2D eigenvalue weighted by molar-refractivity contribution is 5.79. The number of carbonyl (C=O) groups excluding carboxylic acids is 1. The van der Waals surface area contributed by atoms with Gasteiger partial charge in [0.1, 0.15) is 0 Å². The van der Waals surface area contributed by atoms with Crippen molar-refractivity contribution in [3.05, 3.63) is 71.1 Å². The van der Waals surface area contributed by atoms with Crippen LogP contribution in [0.2, 0.25) is 0 Å². The Kier molecular flexibility index (Phi) is 8.05. The van der Waals surface area contributed by atoms with Crippen LogP contribution in [-0.2, 0) is 29.2 Å². The smallest absolute Gasteiger partial charge is 0.241 e. The Balaban J connectivity index is 1.09. The molecule has 3 aromatic rings. The summed E-state index contributed by atoms with van der Waals surface area (Å²) in [5.74, 6) is 1.28. The molecule has 2 aliphatic heterocycles. The normalized spacial score (nSPS) is 19.3. The minimum atomic E-state index is -0.0292. The zero-order chi connectivity index (χ0) is 24.7. The zero-order valence-electron chi connectivity index (χ0n) is 21.0. The Morgan fingerprint density at radius 1 is 1.03 bits per heavy atom. The number of benzene rings is 2. The molecule has 0 aliphatic carbocycles. The third-order valence-corrected chi connectivity index (χ3v) is 6.98. The lowest BCUT2D eigenvalue weighted by Gasteiger charge is -2.30. The lowest BCUT2D eigenvalue weighted by molar-refractivity contribution is -0.127. The molecule has 2 saturated heterocycles. The lowest BCUT2D eigenvalue weighted by atomic mass is 9.97. The summed E-state index contributed by atoms with van der Waals surface area (Å²) in [5, 5.41) is 7.29. The van der Waals surface area contributed by atoms with Crippen LogP contribution in [0.25, 0.3) is 11.4 Å². The number of morpholine rings is 1. The van der Waals surface area contributed by atoms with Crippen LogP contribution in [0.15, 0.2) is 53.1 Å².